The largest absolute Gasteiger partial charge is 0.495 e. The van der Waals surface area contributed by atoms with Crippen LogP contribution in [0.4, 0.5) is 0 Å². The maximum Gasteiger partial charge on any atom is 0.251 e. The van der Waals surface area contributed by atoms with Crippen LogP contribution < -0.4 is 10.1 Å². The van der Waals surface area contributed by atoms with E-state index in [0.717, 1.165) is 17.4 Å². The van der Waals surface area contributed by atoms with Gasteiger partial charge in [0.15, 0.2) is 0 Å². The SMILES string of the molecule is COc1ccc(C(=O)NCC(C)N2CCCC(C)C2)cc1S(=O)(=O)N(C)C. The third-order valence-corrected chi connectivity index (χ3v) is 6.89. The maximum absolute atomic E-state index is 12.6. The number of amides is 1. The van der Waals surface area contributed by atoms with E-state index in [0.29, 0.717) is 18.0 Å². The molecule has 1 heterocycles. The van der Waals surface area contributed by atoms with Crippen LogP contribution in [-0.4, -0.2) is 70.4 Å². The highest BCUT2D eigenvalue weighted by atomic mass is 32.2. The average Bonchev–Trinajstić information content (AvgIpc) is 2.65. The van der Waals surface area contributed by atoms with E-state index >= 15 is 0 Å². The fraction of sp³-hybridized carbons (Fsp3) is 0.632. The molecule has 1 aromatic rings. The summed E-state index contributed by atoms with van der Waals surface area (Å²) in [5.41, 5.74) is 0.301. The molecule has 0 radical (unpaired) electrons. The van der Waals surface area contributed by atoms with Crippen LogP contribution in [0.1, 0.15) is 37.0 Å². The van der Waals surface area contributed by atoms with Crippen LogP contribution in [0.3, 0.4) is 0 Å². The second kappa shape index (κ2) is 9.03. The minimum Gasteiger partial charge on any atom is -0.495 e. The van der Waals surface area contributed by atoms with Crippen molar-refractivity contribution in [2.45, 2.75) is 37.6 Å². The number of methoxy groups -OCH3 is 1. The number of nitrogens with zero attached hydrogens (tertiary/aromatic N) is 2. The summed E-state index contributed by atoms with van der Waals surface area (Å²) in [6.45, 7) is 6.98. The Morgan fingerprint density at radius 2 is 2.11 bits per heavy atom. The molecule has 0 aliphatic carbocycles. The van der Waals surface area contributed by atoms with Gasteiger partial charge in [0.2, 0.25) is 10.0 Å². The lowest BCUT2D eigenvalue weighted by Crippen LogP contribution is -2.46. The second-order valence-electron chi connectivity index (χ2n) is 7.45. The van der Waals surface area contributed by atoms with Crippen LogP contribution in [0.5, 0.6) is 5.75 Å². The average molecular weight is 398 g/mol. The highest BCUT2D eigenvalue weighted by Crippen LogP contribution is 2.27. The molecule has 2 atom stereocenters. The molecule has 2 rings (SSSR count). The van der Waals surface area contributed by atoms with E-state index in [1.54, 1.807) is 6.07 Å². The van der Waals surface area contributed by atoms with Gasteiger partial charge in [-0.2, -0.15) is 0 Å². The summed E-state index contributed by atoms with van der Waals surface area (Å²) in [7, 11) is 0.592. The fourth-order valence-electron chi connectivity index (χ4n) is 3.31. The van der Waals surface area contributed by atoms with Gasteiger partial charge in [0, 0.05) is 38.8 Å². The molecule has 1 saturated heterocycles. The topological polar surface area (TPSA) is 79.0 Å². The second-order valence-corrected chi connectivity index (χ2v) is 9.57. The minimum absolute atomic E-state index is 0.0134. The smallest absolute Gasteiger partial charge is 0.251 e. The molecule has 1 N–H and O–H groups in total. The van der Waals surface area contributed by atoms with Crippen molar-refractivity contribution in [1.82, 2.24) is 14.5 Å². The zero-order chi connectivity index (χ0) is 20.2. The highest BCUT2D eigenvalue weighted by Gasteiger charge is 2.25. The van der Waals surface area contributed by atoms with Gasteiger partial charge in [-0.1, -0.05) is 6.92 Å². The third kappa shape index (κ3) is 5.21. The number of piperidine rings is 1. The van der Waals surface area contributed by atoms with Crippen LogP contribution in [0.15, 0.2) is 23.1 Å². The zero-order valence-electron chi connectivity index (χ0n) is 16.9. The summed E-state index contributed by atoms with van der Waals surface area (Å²) in [6, 6.07) is 4.70. The zero-order valence-corrected chi connectivity index (χ0v) is 17.7. The molecule has 1 fully saturated rings. The van der Waals surface area contributed by atoms with Gasteiger partial charge in [-0.25, -0.2) is 12.7 Å². The third-order valence-electron chi connectivity index (χ3n) is 5.05. The summed E-state index contributed by atoms with van der Waals surface area (Å²) in [4.78, 5) is 14.9. The van der Waals surface area contributed by atoms with Crippen molar-refractivity contribution >= 4 is 15.9 Å². The Morgan fingerprint density at radius 1 is 1.41 bits per heavy atom. The van der Waals surface area contributed by atoms with Crippen molar-refractivity contribution in [3.63, 3.8) is 0 Å². The molecule has 1 aliphatic heterocycles. The Balaban J connectivity index is 2.10. The lowest BCUT2D eigenvalue weighted by atomic mass is 9.99. The molecule has 0 saturated carbocycles. The number of hydrogen-bond acceptors (Lipinski definition) is 5. The summed E-state index contributed by atoms with van der Waals surface area (Å²) in [5, 5.41) is 2.93. The number of benzene rings is 1. The summed E-state index contributed by atoms with van der Waals surface area (Å²) in [6.07, 6.45) is 2.44. The number of nitrogens with one attached hydrogen (secondary N) is 1. The number of carbonyl (C=O) groups is 1. The Labute approximate surface area is 162 Å². The highest BCUT2D eigenvalue weighted by molar-refractivity contribution is 7.89. The van der Waals surface area contributed by atoms with Crippen molar-refractivity contribution in [2.75, 3.05) is 40.8 Å². The van der Waals surface area contributed by atoms with E-state index in [1.165, 1.54) is 46.2 Å². The van der Waals surface area contributed by atoms with E-state index in [1.807, 2.05) is 0 Å². The summed E-state index contributed by atoms with van der Waals surface area (Å²) < 4.78 is 31.3. The van der Waals surface area contributed by atoms with Gasteiger partial charge in [-0.3, -0.25) is 9.69 Å². The predicted molar refractivity (Wildman–Crippen MR) is 106 cm³/mol. The summed E-state index contributed by atoms with van der Waals surface area (Å²) >= 11 is 0. The van der Waals surface area contributed by atoms with E-state index in [-0.39, 0.29) is 22.6 Å². The van der Waals surface area contributed by atoms with Crippen LogP contribution >= 0.6 is 0 Å². The van der Waals surface area contributed by atoms with Crippen molar-refractivity contribution in [1.29, 1.82) is 0 Å². The first-order valence-corrected chi connectivity index (χ1v) is 10.7. The number of carbonyl (C=O) groups excluding carboxylic acids is 1. The molecule has 2 unspecified atom stereocenters. The molecular formula is C19H31N3O4S. The van der Waals surface area contributed by atoms with Crippen molar-refractivity contribution < 1.29 is 17.9 Å². The van der Waals surface area contributed by atoms with E-state index in [9.17, 15) is 13.2 Å². The first-order chi connectivity index (χ1) is 12.7. The molecule has 1 aromatic carbocycles. The monoisotopic (exact) mass is 397 g/mol. The normalized spacial score (nSPS) is 19.7. The quantitative estimate of drug-likeness (QED) is 0.759. The molecule has 0 aromatic heterocycles. The molecule has 0 spiro atoms. The van der Waals surface area contributed by atoms with Gasteiger partial charge >= 0.3 is 0 Å². The molecule has 1 amide bonds. The van der Waals surface area contributed by atoms with E-state index in [4.69, 9.17) is 4.74 Å². The Morgan fingerprint density at radius 3 is 2.70 bits per heavy atom. The molecule has 152 valence electrons. The van der Waals surface area contributed by atoms with Crippen LogP contribution in [0, 0.1) is 5.92 Å². The summed E-state index contributed by atoms with van der Waals surface area (Å²) in [5.74, 6) is 0.609. The number of ether oxygens (including phenoxy) is 1. The first kappa shape index (κ1) is 21.7. The molecular weight excluding hydrogens is 366 g/mol. The van der Waals surface area contributed by atoms with E-state index in [2.05, 4.69) is 24.1 Å². The van der Waals surface area contributed by atoms with Crippen LogP contribution in [0.2, 0.25) is 0 Å². The molecule has 8 heteroatoms. The molecule has 7 nitrogen and oxygen atoms in total. The van der Waals surface area contributed by atoms with Gasteiger partial charge < -0.3 is 10.1 Å². The predicted octanol–water partition coefficient (Wildman–Crippen LogP) is 1.80. The maximum atomic E-state index is 12.6. The first-order valence-electron chi connectivity index (χ1n) is 9.29. The molecule has 0 bridgehead atoms. The Kier molecular flexibility index (Phi) is 7.25. The van der Waals surface area contributed by atoms with Gasteiger partial charge in [0.05, 0.1) is 7.11 Å². The fourth-order valence-corrected chi connectivity index (χ4v) is 4.39. The lowest BCUT2D eigenvalue weighted by Gasteiger charge is -2.35. The van der Waals surface area contributed by atoms with E-state index < -0.39 is 10.0 Å². The number of likely N-dealkylation sites (tertiary alicyclic amines) is 1. The van der Waals surface area contributed by atoms with Crippen molar-refractivity contribution in [3.8, 4) is 5.75 Å². The number of hydrogen-bond donors (Lipinski definition) is 1. The van der Waals surface area contributed by atoms with Crippen molar-refractivity contribution in [2.24, 2.45) is 5.92 Å². The lowest BCUT2D eigenvalue weighted by molar-refractivity contribution is 0.0917. The van der Waals surface area contributed by atoms with Crippen LogP contribution in [0.25, 0.3) is 0 Å². The Bertz CT molecular complexity index is 764. The standard InChI is InChI=1S/C19H31N3O4S/c1-14-7-6-10-22(13-14)15(2)12-20-19(23)16-8-9-17(26-5)18(11-16)27(24,25)21(3)4/h8-9,11,14-15H,6-7,10,12-13H2,1-5H3,(H,20,23). The van der Waals surface area contributed by atoms with Gasteiger partial charge in [-0.15, -0.1) is 0 Å². The molecule has 27 heavy (non-hydrogen) atoms. The van der Waals surface area contributed by atoms with Gasteiger partial charge in [-0.05, 0) is 50.4 Å². The number of rotatable bonds is 7. The van der Waals surface area contributed by atoms with Gasteiger partial charge in [0.1, 0.15) is 10.6 Å². The Hall–Kier alpha value is -1.64. The van der Waals surface area contributed by atoms with Gasteiger partial charge in [0.25, 0.3) is 5.91 Å². The van der Waals surface area contributed by atoms with Crippen molar-refractivity contribution in [3.05, 3.63) is 23.8 Å². The molecule has 1 aliphatic rings. The number of sulfonamides is 1. The van der Waals surface area contributed by atoms with Crippen LogP contribution in [-0.2, 0) is 10.0 Å². The minimum atomic E-state index is -3.71.